The molecule has 1 aromatic carbocycles. The van der Waals surface area contributed by atoms with E-state index in [1.54, 1.807) is 18.2 Å². The van der Waals surface area contributed by atoms with Gasteiger partial charge in [0.25, 0.3) is 0 Å². The summed E-state index contributed by atoms with van der Waals surface area (Å²) in [5.74, 6) is 1.80. The van der Waals surface area contributed by atoms with Crippen molar-refractivity contribution in [1.82, 2.24) is 0 Å². The van der Waals surface area contributed by atoms with Crippen LogP contribution in [0.3, 0.4) is 0 Å². The van der Waals surface area contributed by atoms with Crippen LogP contribution in [0.1, 0.15) is 44.0 Å². The van der Waals surface area contributed by atoms with Crippen molar-refractivity contribution >= 4 is 5.78 Å². The molecule has 0 amide bonds. The van der Waals surface area contributed by atoms with Crippen molar-refractivity contribution < 1.29 is 14.3 Å². The zero-order valence-electron chi connectivity index (χ0n) is 12.6. The Kier molecular flexibility index (Phi) is 7.09. The van der Waals surface area contributed by atoms with Crippen LogP contribution in [-0.2, 0) is 0 Å². The third-order valence-corrected chi connectivity index (χ3v) is 3.13. The first-order valence-electron chi connectivity index (χ1n) is 7.25. The molecule has 1 unspecified atom stereocenters. The standard InChI is InChI=1S/C16H25NO3/c1-4-19-15-9-7-13(10-16(15)20-5-2)14(18)8-6-12(3)11-17/h7,9-10,12H,4-6,8,11,17H2,1-3H3. The number of hydrogen-bond donors (Lipinski definition) is 1. The Balaban J connectivity index is 2.79. The summed E-state index contributed by atoms with van der Waals surface area (Å²) in [5, 5.41) is 0. The van der Waals surface area contributed by atoms with Crippen molar-refractivity contribution in [2.45, 2.75) is 33.6 Å². The number of rotatable bonds is 9. The summed E-state index contributed by atoms with van der Waals surface area (Å²) < 4.78 is 11.0. The third-order valence-electron chi connectivity index (χ3n) is 3.13. The molecule has 0 spiro atoms. The summed E-state index contributed by atoms with van der Waals surface area (Å²) in [6, 6.07) is 5.36. The molecule has 0 saturated carbocycles. The van der Waals surface area contributed by atoms with Gasteiger partial charge in [0.15, 0.2) is 17.3 Å². The lowest BCUT2D eigenvalue weighted by Gasteiger charge is -2.12. The minimum atomic E-state index is 0.120. The summed E-state index contributed by atoms with van der Waals surface area (Å²) >= 11 is 0. The maximum absolute atomic E-state index is 12.2. The van der Waals surface area contributed by atoms with Crippen LogP contribution in [0.15, 0.2) is 18.2 Å². The molecule has 0 fully saturated rings. The molecular weight excluding hydrogens is 254 g/mol. The molecule has 1 rings (SSSR count). The van der Waals surface area contributed by atoms with Crippen LogP contribution in [-0.4, -0.2) is 25.5 Å². The number of ketones is 1. The number of ether oxygens (including phenoxy) is 2. The number of benzene rings is 1. The van der Waals surface area contributed by atoms with Crippen LogP contribution in [0.5, 0.6) is 11.5 Å². The van der Waals surface area contributed by atoms with Crippen molar-refractivity contribution in [3.05, 3.63) is 23.8 Å². The van der Waals surface area contributed by atoms with Gasteiger partial charge in [-0.2, -0.15) is 0 Å². The summed E-state index contributed by atoms with van der Waals surface area (Å²) in [4.78, 5) is 12.2. The molecule has 0 aliphatic rings. The van der Waals surface area contributed by atoms with E-state index in [0.717, 1.165) is 6.42 Å². The average molecular weight is 279 g/mol. The molecule has 0 aromatic heterocycles. The van der Waals surface area contributed by atoms with Crippen LogP contribution in [0.2, 0.25) is 0 Å². The van der Waals surface area contributed by atoms with E-state index in [0.29, 0.717) is 49.2 Å². The van der Waals surface area contributed by atoms with Gasteiger partial charge in [-0.3, -0.25) is 4.79 Å². The molecule has 0 bridgehead atoms. The van der Waals surface area contributed by atoms with E-state index >= 15 is 0 Å². The molecular formula is C16H25NO3. The molecule has 0 radical (unpaired) electrons. The van der Waals surface area contributed by atoms with E-state index in [2.05, 4.69) is 6.92 Å². The van der Waals surface area contributed by atoms with E-state index in [9.17, 15) is 4.79 Å². The molecule has 1 atom stereocenters. The van der Waals surface area contributed by atoms with E-state index in [-0.39, 0.29) is 5.78 Å². The highest BCUT2D eigenvalue weighted by Gasteiger charge is 2.12. The van der Waals surface area contributed by atoms with Gasteiger partial charge in [0.1, 0.15) is 0 Å². The summed E-state index contributed by atoms with van der Waals surface area (Å²) in [6.45, 7) is 7.61. The molecule has 2 N–H and O–H groups in total. The van der Waals surface area contributed by atoms with E-state index < -0.39 is 0 Å². The summed E-state index contributed by atoms with van der Waals surface area (Å²) in [6.07, 6.45) is 1.32. The fraction of sp³-hybridized carbons (Fsp3) is 0.562. The van der Waals surface area contributed by atoms with Gasteiger partial charge in [-0.05, 0) is 50.9 Å². The molecule has 0 heterocycles. The number of hydrogen-bond acceptors (Lipinski definition) is 4. The van der Waals surface area contributed by atoms with Crippen LogP contribution < -0.4 is 15.2 Å². The van der Waals surface area contributed by atoms with Crippen molar-refractivity contribution in [1.29, 1.82) is 0 Å². The average Bonchev–Trinajstić information content (AvgIpc) is 2.46. The van der Waals surface area contributed by atoms with Gasteiger partial charge in [-0.15, -0.1) is 0 Å². The normalized spacial score (nSPS) is 12.0. The van der Waals surface area contributed by atoms with Crippen molar-refractivity contribution in [2.24, 2.45) is 11.7 Å². The number of carbonyl (C=O) groups is 1. The maximum atomic E-state index is 12.2. The second kappa shape index (κ2) is 8.59. The monoisotopic (exact) mass is 279 g/mol. The summed E-state index contributed by atoms with van der Waals surface area (Å²) in [7, 11) is 0. The number of nitrogens with two attached hydrogens (primary N) is 1. The minimum absolute atomic E-state index is 0.120. The Bertz CT molecular complexity index is 432. The van der Waals surface area contributed by atoms with E-state index in [1.807, 2.05) is 13.8 Å². The predicted octanol–water partition coefficient (Wildman–Crippen LogP) is 3.04. The Morgan fingerprint density at radius 3 is 2.45 bits per heavy atom. The maximum Gasteiger partial charge on any atom is 0.163 e. The second-order valence-electron chi connectivity index (χ2n) is 4.83. The van der Waals surface area contributed by atoms with Crippen LogP contribution in [0.4, 0.5) is 0 Å². The topological polar surface area (TPSA) is 61.5 Å². The molecule has 4 nitrogen and oxygen atoms in total. The van der Waals surface area contributed by atoms with Gasteiger partial charge in [-0.25, -0.2) is 0 Å². The Labute approximate surface area is 121 Å². The van der Waals surface area contributed by atoms with Crippen molar-refractivity contribution in [3.63, 3.8) is 0 Å². The van der Waals surface area contributed by atoms with E-state index in [1.165, 1.54) is 0 Å². The van der Waals surface area contributed by atoms with Crippen LogP contribution in [0, 0.1) is 5.92 Å². The lowest BCUT2D eigenvalue weighted by atomic mass is 10.00. The zero-order valence-corrected chi connectivity index (χ0v) is 12.6. The first-order chi connectivity index (χ1) is 9.62. The number of carbonyl (C=O) groups excluding carboxylic acids is 1. The molecule has 112 valence electrons. The Morgan fingerprint density at radius 1 is 1.20 bits per heavy atom. The molecule has 0 saturated heterocycles. The largest absolute Gasteiger partial charge is 0.490 e. The highest BCUT2D eigenvalue weighted by Crippen LogP contribution is 2.29. The fourth-order valence-corrected chi connectivity index (χ4v) is 1.86. The van der Waals surface area contributed by atoms with Gasteiger partial charge in [0.05, 0.1) is 13.2 Å². The first-order valence-corrected chi connectivity index (χ1v) is 7.25. The highest BCUT2D eigenvalue weighted by atomic mass is 16.5. The summed E-state index contributed by atoms with van der Waals surface area (Å²) in [5.41, 5.74) is 6.23. The van der Waals surface area contributed by atoms with Gasteiger partial charge < -0.3 is 15.2 Å². The van der Waals surface area contributed by atoms with Gasteiger partial charge in [-0.1, -0.05) is 6.92 Å². The lowest BCUT2D eigenvalue weighted by Crippen LogP contribution is -2.12. The number of Topliss-reactive ketones (excluding diaryl/α,β-unsaturated/α-hetero) is 1. The van der Waals surface area contributed by atoms with Crippen molar-refractivity contribution in [3.8, 4) is 11.5 Å². The molecule has 4 heteroatoms. The van der Waals surface area contributed by atoms with Gasteiger partial charge in [0.2, 0.25) is 0 Å². The SMILES string of the molecule is CCOc1ccc(C(=O)CCC(C)CN)cc1OCC. The molecule has 0 aliphatic heterocycles. The zero-order chi connectivity index (χ0) is 15.0. The predicted molar refractivity (Wildman–Crippen MR) is 80.6 cm³/mol. The smallest absolute Gasteiger partial charge is 0.163 e. The fourth-order valence-electron chi connectivity index (χ4n) is 1.86. The van der Waals surface area contributed by atoms with Gasteiger partial charge in [0, 0.05) is 12.0 Å². The molecule has 1 aromatic rings. The van der Waals surface area contributed by atoms with Crippen LogP contribution in [0.25, 0.3) is 0 Å². The van der Waals surface area contributed by atoms with Crippen LogP contribution >= 0.6 is 0 Å². The Hall–Kier alpha value is -1.55. The molecule has 0 aliphatic carbocycles. The van der Waals surface area contributed by atoms with Gasteiger partial charge >= 0.3 is 0 Å². The first kappa shape index (κ1) is 16.5. The lowest BCUT2D eigenvalue weighted by molar-refractivity contribution is 0.0974. The quantitative estimate of drug-likeness (QED) is 0.706. The second-order valence-corrected chi connectivity index (χ2v) is 4.83. The third kappa shape index (κ3) is 4.85. The molecule has 20 heavy (non-hydrogen) atoms. The Morgan fingerprint density at radius 2 is 1.85 bits per heavy atom. The van der Waals surface area contributed by atoms with E-state index in [4.69, 9.17) is 15.2 Å². The minimum Gasteiger partial charge on any atom is -0.490 e. The van der Waals surface area contributed by atoms with Crippen molar-refractivity contribution in [2.75, 3.05) is 19.8 Å². The highest BCUT2D eigenvalue weighted by molar-refractivity contribution is 5.96.